The molecule has 2 nitrogen and oxygen atoms in total. The summed E-state index contributed by atoms with van der Waals surface area (Å²) in [5, 5.41) is 3.33. The van der Waals surface area contributed by atoms with E-state index in [2.05, 4.69) is 37.2 Å². The minimum absolute atomic E-state index is 0.110. The van der Waals surface area contributed by atoms with Crippen molar-refractivity contribution in [3.63, 3.8) is 0 Å². The number of hydrogen-bond acceptors (Lipinski definition) is 1. The van der Waals surface area contributed by atoms with Gasteiger partial charge in [-0.3, -0.25) is 4.79 Å². The fourth-order valence-electron chi connectivity index (χ4n) is 0.854. The van der Waals surface area contributed by atoms with Gasteiger partial charge >= 0.3 is 0 Å². The molecule has 0 atom stereocenters. The third-order valence-electron chi connectivity index (χ3n) is 1.72. The molecule has 5 heteroatoms. The van der Waals surface area contributed by atoms with E-state index >= 15 is 0 Å². The molecule has 1 amide bonds. The highest BCUT2D eigenvalue weighted by molar-refractivity contribution is 9.10. The van der Waals surface area contributed by atoms with E-state index < -0.39 is 4.32 Å². The van der Waals surface area contributed by atoms with Crippen molar-refractivity contribution >= 4 is 55.1 Å². The van der Waals surface area contributed by atoms with E-state index in [-0.39, 0.29) is 5.91 Å². The molecule has 15 heavy (non-hydrogen) atoms. The largest absolute Gasteiger partial charge is 0.325 e. The van der Waals surface area contributed by atoms with Gasteiger partial charge in [0.1, 0.15) is 0 Å². The molecular weight excluding hydrogens is 345 g/mol. The van der Waals surface area contributed by atoms with E-state index in [1.165, 1.54) is 0 Å². The molecule has 0 radical (unpaired) electrons. The molecule has 0 unspecified atom stereocenters. The average Bonchev–Trinajstić information content (AvgIpc) is 2.10. The average molecular weight is 355 g/mol. The summed E-state index contributed by atoms with van der Waals surface area (Å²) in [5.41, 5.74) is 0.681. The summed E-state index contributed by atoms with van der Waals surface area (Å²) in [4.78, 5) is 11.6. The van der Waals surface area contributed by atoms with Gasteiger partial charge < -0.3 is 5.32 Å². The van der Waals surface area contributed by atoms with E-state index in [1.54, 1.807) is 32.0 Å². The lowest BCUT2D eigenvalue weighted by atomic mass is 10.2. The zero-order valence-electron chi connectivity index (χ0n) is 8.27. The molecule has 0 aliphatic rings. The standard InChI is InChI=1S/C10H10Br2ClNO/c1-10(2,12)9(15)14-6-3-4-7(11)8(13)5-6/h3-5H,1-2H3,(H,14,15). The Morgan fingerprint density at radius 1 is 1.47 bits per heavy atom. The summed E-state index contributed by atoms with van der Waals surface area (Å²) >= 11 is 12.5. The van der Waals surface area contributed by atoms with Crippen molar-refractivity contribution in [2.24, 2.45) is 0 Å². The Labute approximate surface area is 111 Å². The van der Waals surface area contributed by atoms with Gasteiger partial charge in [-0.15, -0.1) is 0 Å². The summed E-state index contributed by atoms with van der Waals surface area (Å²) in [6.45, 7) is 3.56. The van der Waals surface area contributed by atoms with Gasteiger partial charge in [0, 0.05) is 10.2 Å². The molecule has 0 saturated carbocycles. The van der Waals surface area contributed by atoms with Crippen LogP contribution in [0.3, 0.4) is 0 Å². The maximum absolute atomic E-state index is 11.6. The second-order valence-corrected chi connectivity index (χ2v) is 6.80. The number of anilines is 1. The van der Waals surface area contributed by atoms with Gasteiger partial charge in [-0.05, 0) is 48.0 Å². The summed E-state index contributed by atoms with van der Waals surface area (Å²) in [6, 6.07) is 5.27. The monoisotopic (exact) mass is 353 g/mol. The van der Waals surface area contributed by atoms with Gasteiger partial charge in [-0.1, -0.05) is 27.5 Å². The van der Waals surface area contributed by atoms with Crippen LogP contribution in [0.1, 0.15) is 13.8 Å². The van der Waals surface area contributed by atoms with E-state index in [0.717, 1.165) is 4.47 Å². The number of rotatable bonds is 2. The Hall–Kier alpha value is -0.0600. The van der Waals surface area contributed by atoms with E-state index in [1.807, 2.05) is 0 Å². The van der Waals surface area contributed by atoms with Crippen molar-refractivity contribution in [2.45, 2.75) is 18.2 Å². The van der Waals surface area contributed by atoms with Gasteiger partial charge in [0.05, 0.1) is 9.35 Å². The van der Waals surface area contributed by atoms with Crippen LogP contribution in [0.15, 0.2) is 22.7 Å². The van der Waals surface area contributed by atoms with E-state index in [0.29, 0.717) is 10.7 Å². The second kappa shape index (κ2) is 4.85. The van der Waals surface area contributed by atoms with E-state index in [4.69, 9.17) is 11.6 Å². The Kier molecular flexibility index (Phi) is 4.20. The summed E-state index contributed by atoms with van der Waals surface area (Å²) < 4.78 is 0.215. The smallest absolute Gasteiger partial charge is 0.240 e. The van der Waals surface area contributed by atoms with Crippen molar-refractivity contribution < 1.29 is 4.79 Å². The minimum atomic E-state index is -0.591. The predicted molar refractivity (Wildman–Crippen MR) is 70.8 cm³/mol. The van der Waals surface area contributed by atoms with Gasteiger partial charge in [0.2, 0.25) is 5.91 Å². The molecule has 0 saturated heterocycles. The fourth-order valence-corrected chi connectivity index (χ4v) is 1.38. The normalized spacial score (nSPS) is 11.3. The van der Waals surface area contributed by atoms with Crippen LogP contribution in [0.25, 0.3) is 0 Å². The number of alkyl halides is 1. The third-order valence-corrected chi connectivity index (χ3v) is 3.31. The summed E-state index contributed by atoms with van der Waals surface area (Å²) in [6.07, 6.45) is 0. The highest BCUT2D eigenvalue weighted by atomic mass is 79.9. The first-order valence-corrected chi connectivity index (χ1v) is 6.22. The first-order chi connectivity index (χ1) is 6.80. The molecular formula is C10H10Br2ClNO. The maximum Gasteiger partial charge on any atom is 0.240 e. The molecule has 0 aromatic heterocycles. The first-order valence-electron chi connectivity index (χ1n) is 4.26. The molecule has 0 fully saturated rings. The molecule has 0 aliphatic carbocycles. The van der Waals surface area contributed by atoms with Crippen LogP contribution in [0.2, 0.25) is 5.02 Å². The maximum atomic E-state index is 11.6. The molecule has 1 aromatic rings. The highest BCUT2D eigenvalue weighted by Crippen LogP contribution is 2.26. The molecule has 82 valence electrons. The lowest BCUT2D eigenvalue weighted by Crippen LogP contribution is -2.30. The molecule has 1 aromatic carbocycles. The fraction of sp³-hybridized carbons (Fsp3) is 0.300. The number of halogens is 3. The van der Waals surface area contributed by atoms with Crippen LogP contribution >= 0.6 is 43.5 Å². The van der Waals surface area contributed by atoms with Gasteiger partial charge in [0.15, 0.2) is 0 Å². The Balaban J connectivity index is 2.83. The van der Waals surface area contributed by atoms with Crippen LogP contribution in [-0.4, -0.2) is 10.2 Å². The Morgan fingerprint density at radius 2 is 2.07 bits per heavy atom. The van der Waals surface area contributed by atoms with Crippen LogP contribution in [0, 0.1) is 0 Å². The Bertz CT molecular complexity index is 387. The topological polar surface area (TPSA) is 29.1 Å². The van der Waals surface area contributed by atoms with Crippen molar-refractivity contribution in [2.75, 3.05) is 5.32 Å². The molecule has 0 bridgehead atoms. The number of nitrogens with one attached hydrogen (secondary N) is 1. The number of carbonyl (C=O) groups is 1. The number of benzene rings is 1. The summed E-state index contributed by atoms with van der Waals surface area (Å²) in [7, 11) is 0. The number of carbonyl (C=O) groups excluding carboxylic acids is 1. The second-order valence-electron chi connectivity index (χ2n) is 3.56. The van der Waals surface area contributed by atoms with Crippen LogP contribution < -0.4 is 5.32 Å². The van der Waals surface area contributed by atoms with Crippen molar-refractivity contribution in [3.05, 3.63) is 27.7 Å². The number of amides is 1. The molecule has 0 heterocycles. The lowest BCUT2D eigenvalue weighted by Gasteiger charge is -2.16. The predicted octanol–water partition coefficient (Wildman–Crippen LogP) is 4.21. The zero-order valence-corrected chi connectivity index (χ0v) is 12.2. The third kappa shape index (κ3) is 3.78. The highest BCUT2D eigenvalue weighted by Gasteiger charge is 2.23. The van der Waals surface area contributed by atoms with Crippen LogP contribution in [0.5, 0.6) is 0 Å². The summed E-state index contributed by atoms with van der Waals surface area (Å²) in [5.74, 6) is -0.110. The van der Waals surface area contributed by atoms with Crippen molar-refractivity contribution in [3.8, 4) is 0 Å². The SMILES string of the molecule is CC(C)(Br)C(=O)Nc1ccc(Br)c(Cl)c1. The molecule has 1 rings (SSSR count). The van der Waals surface area contributed by atoms with Gasteiger partial charge in [-0.2, -0.15) is 0 Å². The van der Waals surface area contributed by atoms with Crippen molar-refractivity contribution in [1.29, 1.82) is 0 Å². The lowest BCUT2D eigenvalue weighted by molar-refractivity contribution is -0.117. The quantitative estimate of drug-likeness (QED) is 0.791. The van der Waals surface area contributed by atoms with Gasteiger partial charge in [-0.25, -0.2) is 0 Å². The molecule has 0 aliphatic heterocycles. The first kappa shape index (κ1) is 13.0. The van der Waals surface area contributed by atoms with E-state index in [9.17, 15) is 4.79 Å². The Morgan fingerprint density at radius 3 is 2.53 bits per heavy atom. The molecule has 0 spiro atoms. The minimum Gasteiger partial charge on any atom is -0.325 e. The van der Waals surface area contributed by atoms with Crippen molar-refractivity contribution in [1.82, 2.24) is 0 Å². The number of hydrogen-bond donors (Lipinski definition) is 1. The zero-order chi connectivity index (χ0) is 11.6. The van der Waals surface area contributed by atoms with Crippen LogP contribution in [0.4, 0.5) is 5.69 Å². The molecule has 1 N–H and O–H groups in total. The van der Waals surface area contributed by atoms with Crippen LogP contribution in [-0.2, 0) is 4.79 Å². The van der Waals surface area contributed by atoms with Gasteiger partial charge in [0.25, 0.3) is 0 Å².